The monoisotopic (exact) mass is 236 g/mol. The Balaban J connectivity index is 2.04. The van der Waals surface area contributed by atoms with Crippen LogP contribution in [0.3, 0.4) is 0 Å². The molecule has 0 bridgehead atoms. The Hall–Kier alpha value is -1.98. The van der Waals surface area contributed by atoms with E-state index in [4.69, 9.17) is 5.73 Å². The standard InChI is InChI=1S/C11H10F2N4/c12-7-5-8(13)11(15-10(7)14)17-4-3-9(16-17)6-1-2-6/h3-6H,1-2H2,(H2,14,15). The molecule has 0 atom stereocenters. The summed E-state index contributed by atoms with van der Waals surface area (Å²) in [6.07, 6.45) is 3.83. The number of nitrogen functional groups attached to an aromatic ring is 1. The van der Waals surface area contributed by atoms with E-state index in [1.807, 2.05) is 6.07 Å². The lowest BCUT2D eigenvalue weighted by Gasteiger charge is -2.04. The Kier molecular flexibility index (Phi) is 2.10. The number of nitrogens with two attached hydrogens (primary N) is 1. The smallest absolute Gasteiger partial charge is 0.191 e. The first-order valence-electron chi connectivity index (χ1n) is 5.32. The number of halogens is 2. The van der Waals surface area contributed by atoms with Crippen LogP contribution in [0.1, 0.15) is 24.5 Å². The van der Waals surface area contributed by atoms with Gasteiger partial charge in [-0.25, -0.2) is 18.4 Å². The number of nitrogens with zero attached hydrogens (tertiary/aromatic N) is 3. The minimum atomic E-state index is -0.860. The Bertz CT molecular complexity index is 575. The summed E-state index contributed by atoms with van der Waals surface area (Å²) in [6.45, 7) is 0. The second kappa shape index (κ2) is 3.51. The molecule has 0 spiro atoms. The molecule has 2 heterocycles. The summed E-state index contributed by atoms with van der Waals surface area (Å²) in [4.78, 5) is 3.66. The fourth-order valence-electron chi connectivity index (χ4n) is 1.68. The normalized spacial score (nSPS) is 15.2. The van der Waals surface area contributed by atoms with Crippen LogP contribution in [0.15, 0.2) is 18.3 Å². The predicted molar refractivity (Wildman–Crippen MR) is 57.7 cm³/mol. The van der Waals surface area contributed by atoms with Crippen LogP contribution in [0.4, 0.5) is 14.6 Å². The molecule has 4 nitrogen and oxygen atoms in total. The van der Waals surface area contributed by atoms with Crippen molar-refractivity contribution in [2.45, 2.75) is 18.8 Å². The van der Waals surface area contributed by atoms with Crippen LogP contribution in [0.2, 0.25) is 0 Å². The van der Waals surface area contributed by atoms with E-state index in [-0.39, 0.29) is 11.6 Å². The van der Waals surface area contributed by atoms with Crippen molar-refractivity contribution in [1.29, 1.82) is 0 Å². The summed E-state index contributed by atoms with van der Waals surface area (Å²) in [6, 6.07) is 2.54. The SMILES string of the molecule is Nc1nc(-n2ccc(C3CC3)n2)c(F)cc1F. The highest BCUT2D eigenvalue weighted by atomic mass is 19.1. The third-order valence-electron chi connectivity index (χ3n) is 2.76. The van der Waals surface area contributed by atoms with Crippen LogP contribution in [0.25, 0.3) is 5.82 Å². The summed E-state index contributed by atoms with van der Waals surface area (Å²) in [5.74, 6) is -1.57. The van der Waals surface area contributed by atoms with Gasteiger partial charge in [-0.3, -0.25) is 0 Å². The van der Waals surface area contributed by atoms with E-state index < -0.39 is 11.6 Å². The molecule has 1 aliphatic carbocycles. The van der Waals surface area contributed by atoms with E-state index in [0.29, 0.717) is 5.92 Å². The summed E-state index contributed by atoms with van der Waals surface area (Å²) in [5.41, 5.74) is 6.22. The van der Waals surface area contributed by atoms with E-state index in [9.17, 15) is 8.78 Å². The maximum Gasteiger partial charge on any atom is 0.191 e. The molecule has 0 radical (unpaired) electrons. The van der Waals surface area contributed by atoms with Crippen LogP contribution >= 0.6 is 0 Å². The summed E-state index contributed by atoms with van der Waals surface area (Å²) >= 11 is 0. The van der Waals surface area contributed by atoms with Gasteiger partial charge in [-0.15, -0.1) is 0 Å². The maximum atomic E-state index is 13.5. The predicted octanol–water partition coefficient (Wildman–Crippen LogP) is 2.01. The van der Waals surface area contributed by atoms with E-state index >= 15 is 0 Å². The highest BCUT2D eigenvalue weighted by Crippen LogP contribution is 2.39. The van der Waals surface area contributed by atoms with Gasteiger partial charge in [-0.1, -0.05) is 0 Å². The first-order chi connectivity index (χ1) is 8.15. The molecule has 0 aromatic carbocycles. The summed E-state index contributed by atoms with van der Waals surface area (Å²) in [5, 5.41) is 4.21. The molecule has 3 rings (SSSR count). The van der Waals surface area contributed by atoms with Crippen molar-refractivity contribution >= 4 is 5.82 Å². The Morgan fingerprint density at radius 3 is 2.76 bits per heavy atom. The van der Waals surface area contributed by atoms with Gasteiger partial charge < -0.3 is 5.73 Å². The topological polar surface area (TPSA) is 56.7 Å². The highest BCUT2D eigenvalue weighted by Gasteiger charge is 2.26. The summed E-state index contributed by atoms with van der Waals surface area (Å²) in [7, 11) is 0. The van der Waals surface area contributed by atoms with Crippen molar-refractivity contribution < 1.29 is 8.78 Å². The lowest BCUT2D eigenvalue weighted by atomic mass is 10.3. The second-order valence-corrected chi connectivity index (χ2v) is 4.12. The second-order valence-electron chi connectivity index (χ2n) is 4.12. The number of rotatable bonds is 2. The molecule has 1 fully saturated rings. The number of pyridine rings is 1. The van der Waals surface area contributed by atoms with Crippen molar-refractivity contribution in [2.75, 3.05) is 5.73 Å². The van der Waals surface area contributed by atoms with E-state index in [1.165, 1.54) is 4.68 Å². The largest absolute Gasteiger partial charge is 0.381 e. The Labute approximate surface area is 96.1 Å². The third-order valence-corrected chi connectivity index (χ3v) is 2.76. The van der Waals surface area contributed by atoms with Crippen LogP contribution < -0.4 is 5.73 Å². The number of hydrogen-bond donors (Lipinski definition) is 1. The van der Waals surface area contributed by atoms with Gasteiger partial charge in [0, 0.05) is 18.2 Å². The zero-order valence-electron chi connectivity index (χ0n) is 8.90. The van der Waals surface area contributed by atoms with Gasteiger partial charge in [-0.2, -0.15) is 5.10 Å². The minimum Gasteiger partial charge on any atom is -0.381 e. The number of aromatic nitrogens is 3. The molecule has 0 amide bonds. The Morgan fingerprint density at radius 1 is 1.29 bits per heavy atom. The van der Waals surface area contributed by atoms with Gasteiger partial charge in [0.05, 0.1) is 5.69 Å². The van der Waals surface area contributed by atoms with E-state index in [1.54, 1.807) is 6.20 Å². The quantitative estimate of drug-likeness (QED) is 0.867. The molecule has 88 valence electrons. The molecular weight excluding hydrogens is 226 g/mol. The third kappa shape index (κ3) is 1.75. The minimum absolute atomic E-state index is 0.0733. The number of anilines is 1. The van der Waals surface area contributed by atoms with Gasteiger partial charge in [0.25, 0.3) is 0 Å². The lowest BCUT2D eigenvalue weighted by molar-refractivity contribution is 0.563. The molecule has 1 aliphatic rings. The van der Waals surface area contributed by atoms with Gasteiger partial charge in [-0.05, 0) is 18.9 Å². The van der Waals surface area contributed by atoms with Crippen molar-refractivity contribution in [3.63, 3.8) is 0 Å². The molecule has 2 aromatic rings. The maximum absolute atomic E-state index is 13.5. The molecule has 17 heavy (non-hydrogen) atoms. The summed E-state index contributed by atoms with van der Waals surface area (Å²) < 4.78 is 27.8. The van der Waals surface area contributed by atoms with Crippen molar-refractivity contribution in [1.82, 2.24) is 14.8 Å². The molecular formula is C11H10F2N4. The van der Waals surface area contributed by atoms with Crippen molar-refractivity contribution in [2.24, 2.45) is 0 Å². The van der Waals surface area contributed by atoms with Crippen LogP contribution in [-0.2, 0) is 0 Å². The zero-order valence-corrected chi connectivity index (χ0v) is 8.90. The lowest BCUT2D eigenvalue weighted by Crippen LogP contribution is -2.06. The van der Waals surface area contributed by atoms with Crippen molar-refractivity contribution in [3.8, 4) is 5.82 Å². The first kappa shape index (κ1) is 10.2. The average Bonchev–Trinajstić information content (AvgIpc) is 3.03. The molecule has 0 aliphatic heterocycles. The van der Waals surface area contributed by atoms with Crippen LogP contribution in [-0.4, -0.2) is 14.8 Å². The van der Waals surface area contributed by atoms with Crippen LogP contribution in [0.5, 0.6) is 0 Å². The molecule has 1 saturated carbocycles. The van der Waals surface area contributed by atoms with Gasteiger partial charge >= 0.3 is 0 Å². The van der Waals surface area contributed by atoms with E-state index in [0.717, 1.165) is 24.6 Å². The number of hydrogen-bond acceptors (Lipinski definition) is 3. The van der Waals surface area contributed by atoms with Crippen LogP contribution in [0, 0.1) is 11.6 Å². The van der Waals surface area contributed by atoms with Crippen molar-refractivity contribution in [3.05, 3.63) is 35.7 Å². The van der Waals surface area contributed by atoms with E-state index in [2.05, 4.69) is 10.1 Å². The fraction of sp³-hybridized carbons (Fsp3) is 0.273. The average molecular weight is 236 g/mol. The van der Waals surface area contributed by atoms with Gasteiger partial charge in [0.15, 0.2) is 23.3 Å². The molecule has 2 N–H and O–H groups in total. The molecule has 0 unspecified atom stereocenters. The molecule has 0 saturated heterocycles. The first-order valence-corrected chi connectivity index (χ1v) is 5.32. The van der Waals surface area contributed by atoms with Gasteiger partial charge in [0.1, 0.15) is 0 Å². The highest BCUT2D eigenvalue weighted by molar-refractivity contribution is 5.38. The molecule has 6 heteroatoms. The fourth-order valence-corrected chi connectivity index (χ4v) is 1.68. The zero-order chi connectivity index (χ0) is 12.0. The van der Waals surface area contributed by atoms with Gasteiger partial charge in [0.2, 0.25) is 0 Å². The molecule has 2 aromatic heterocycles. The Morgan fingerprint density at radius 2 is 2.06 bits per heavy atom.